The second-order valence-corrected chi connectivity index (χ2v) is 7.36. The molecule has 104 valence electrons. The van der Waals surface area contributed by atoms with Crippen LogP contribution in [0.2, 0.25) is 0 Å². The van der Waals surface area contributed by atoms with Gasteiger partial charge in [-0.2, -0.15) is 4.31 Å². The zero-order valence-electron chi connectivity index (χ0n) is 10.8. The average Bonchev–Trinajstić information content (AvgIpc) is 2.77. The summed E-state index contributed by atoms with van der Waals surface area (Å²) in [5.74, 6) is 0. The van der Waals surface area contributed by atoms with E-state index in [4.69, 9.17) is 9.84 Å². The SMILES string of the molecule is CC(C)OCCN(C)S(=O)(=O)c1cc(CO)cs1. The Labute approximate surface area is 112 Å². The first-order chi connectivity index (χ1) is 8.37. The summed E-state index contributed by atoms with van der Waals surface area (Å²) in [5.41, 5.74) is 0.616. The van der Waals surface area contributed by atoms with Gasteiger partial charge in [0.25, 0.3) is 10.0 Å². The molecule has 0 bridgehead atoms. The van der Waals surface area contributed by atoms with Gasteiger partial charge in [0, 0.05) is 13.6 Å². The van der Waals surface area contributed by atoms with E-state index in [1.54, 1.807) is 5.38 Å². The maximum atomic E-state index is 12.1. The van der Waals surface area contributed by atoms with E-state index >= 15 is 0 Å². The van der Waals surface area contributed by atoms with Gasteiger partial charge in [0.2, 0.25) is 0 Å². The van der Waals surface area contributed by atoms with Crippen LogP contribution in [0.5, 0.6) is 0 Å². The van der Waals surface area contributed by atoms with E-state index < -0.39 is 10.0 Å². The van der Waals surface area contributed by atoms with Gasteiger partial charge in [-0.1, -0.05) is 0 Å². The van der Waals surface area contributed by atoms with Gasteiger partial charge in [-0.25, -0.2) is 8.42 Å². The number of nitrogens with zero attached hydrogens (tertiary/aromatic N) is 1. The van der Waals surface area contributed by atoms with Crippen LogP contribution in [-0.2, 0) is 21.4 Å². The van der Waals surface area contributed by atoms with E-state index in [2.05, 4.69) is 0 Å². The Morgan fingerprint density at radius 2 is 2.17 bits per heavy atom. The molecule has 0 aromatic carbocycles. The zero-order chi connectivity index (χ0) is 13.8. The lowest BCUT2D eigenvalue weighted by Crippen LogP contribution is -2.30. The van der Waals surface area contributed by atoms with Crippen molar-refractivity contribution in [2.75, 3.05) is 20.2 Å². The van der Waals surface area contributed by atoms with E-state index in [-0.39, 0.29) is 16.9 Å². The molecule has 0 saturated heterocycles. The van der Waals surface area contributed by atoms with Crippen LogP contribution < -0.4 is 0 Å². The second-order valence-electron chi connectivity index (χ2n) is 4.18. The Bertz CT molecular complexity index is 467. The summed E-state index contributed by atoms with van der Waals surface area (Å²) < 4.78 is 31.1. The van der Waals surface area contributed by atoms with Crippen LogP contribution in [0.25, 0.3) is 0 Å². The molecular weight excluding hydrogens is 274 g/mol. The number of hydrogen-bond acceptors (Lipinski definition) is 5. The number of rotatable bonds is 7. The second kappa shape index (κ2) is 6.63. The average molecular weight is 293 g/mol. The Kier molecular flexibility index (Phi) is 5.74. The molecule has 0 aliphatic heterocycles. The standard InChI is InChI=1S/C11H19NO4S2/c1-9(2)16-5-4-12(3)18(14,15)11-6-10(7-13)8-17-11/h6,8-9,13H,4-5,7H2,1-3H3. The lowest BCUT2D eigenvalue weighted by molar-refractivity contribution is 0.0737. The van der Waals surface area contributed by atoms with E-state index in [0.717, 1.165) is 11.3 Å². The first-order valence-electron chi connectivity index (χ1n) is 5.64. The molecule has 18 heavy (non-hydrogen) atoms. The summed E-state index contributed by atoms with van der Waals surface area (Å²) in [6.45, 7) is 4.34. The van der Waals surface area contributed by atoms with Crippen LogP contribution in [0.1, 0.15) is 19.4 Å². The number of ether oxygens (including phenoxy) is 1. The number of aliphatic hydroxyl groups excluding tert-OH is 1. The molecule has 0 spiro atoms. The van der Waals surface area contributed by atoms with Crippen LogP contribution in [-0.4, -0.2) is 44.1 Å². The third-order valence-corrected chi connectivity index (χ3v) is 5.66. The van der Waals surface area contributed by atoms with E-state index in [1.165, 1.54) is 17.4 Å². The molecule has 0 aliphatic carbocycles. The van der Waals surface area contributed by atoms with Crippen LogP contribution in [0.15, 0.2) is 15.7 Å². The summed E-state index contributed by atoms with van der Waals surface area (Å²) in [6.07, 6.45) is 0.0869. The summed E-state index contributed by atoms with van der Waals surface area (Å²) in [4.78, 5) is 0. The molecule has 1 aromatic rings. The minimum absolute atomic E-state index is 0.0869. The van der Waals surface area contributed by atoms with Crippen molar-refractivity contribution < 1.29 is 18.3 Å². The first-order valence-corrected chi connectivity index (χ1v) is 7.96. The van der Waals surface area contributed by atoms with Crippen LogP contribution in [0, 0.1) is 0 Å². The molecule has 1 aromatic heterocycles. The Morgan fingerprint density at radius 3 is 2.67 bits per heavy atom. The molecule has 1 N–H and O–H groups in total. The summed E-state index contributed by atoms with van der Waals surface area (Å²) >= 11 is 1.12. The van der Waals surface area contributed by atoms with Gasteiger partial charge in [0.1, 0.15) is 4.21 Å². The number of aliphatic hydroxyl groups is 1. The first kappa shape index (κ1) is 15.6. The highest BCUT2D eigenvalue weighted by atomic mass is 32.2. The predicted octanol–water partition coefficient (Wildman–Crippen LogP) is 1.29. The fourth-order valence-corrected chi connectivity index (χ4v) is 3.83. The molecule has 0 atom stereocenters. The van der Waals surface area contributed by atoms with Crippen molar-refractivity contribution in [2.24, 2.45) is 0 Å². The van der Waals surface area contributed by atoms with Crippen LogP contribution in [0.4, 0.5) is 0 Å². The highest BCUT2D eigenvalue weighted by molar-refractivity contribution is 7.91. The monoisotopic (exact) mass is 293 g/mol. The summed E-state index contributed by atoms with van der Waals surface area (Å²) in [6, 6.07) is 1.50. The predicted molar refractivity (Wildman–Crippen MR) is 71.1 cm³/mol. The minimum Gasteiger partial charge on any atom is -0.392 e. The Morgan fingerprint density at radius 1 is 1.50 bits per heavy atom. The lowest BCUT2D eigenvalue weighted by atomic mass is 10.4. The Hall–Kier alpha value is -0.470. The Balaban J connectivity index is 2.67. The molecular formula is C11H19NO4S2. The van der Waals surface area contributed by atoms with Gasteiger partial charge >= 0.3 is 0 Å². The van der Waals surface area contributed by atoms with E-state index in [9.17, 15) is 8.42 Å². The molecule has 0 unspecified atom stereocenters. The van der Waals surface area contributed by atoms with E-state index in [1.807, 2.05) is 13.8 Å². The molecule has 0 radical (unpaired) electrons. The van der Waals surface area contributed by atoms with Crippen molar-refractivity contribution in [2.45, 2.75) is 30.8 Å². The summed E-state index contributed by atoms with van der Waals surface area (Å²) in [5, 5.41) is 10.6. The van der Waals surface area contributed by atoms with Gasteiger partial charge in [0.15, 0.2) is 0 Å². The van der Waals surface area contributed by atoms with Crippen molar-refractivity contribution in [3.63, 3.8) is 0 Å². The van der Waals surface area contributed by atoms with Crippen molar-refractivity contribution in [3.05, 3.63) is 17.0 Å². The molecule has 0 aliphatic rings. The maximum absolute atomic E-state index is 12.1. The summed E-state index contributed by atoms with van der Waals surface area (Å²) in [7, 11) is -1.94. The fourth-order valence-electron chi connectivity index (χ4n) is 1.26. The van der Waals surface area contributed by atoms with Gasteiger partial charge < -0.3 is 9.84 Å². The molecule has 1 rings (SSSR count). The van der Waals surface area contributed by atoms with Crippen molar-refractivity contribution in [3.8, 4) is 0 Å². The topological polar surface area (TPSA) is 66.8 Å². The molecule has 0 amide bonds. The third-order valence-electron chi connectivity index (χ3n) is 2.33. The zero-order valence-corrected chi connectivity index (χ0v) is 12.4. The highest BCUT2D eigenvalue weighted by Gasteiger charge is 2.22. The molecule has 7 heteroatoms. The third kappa shape index (κ3) is 4.03. The number of hydrogen-bond donors (Lipinski definition) is 1. The highest BCUT2D eigenvalue weighted by Crippen LogP contribution is 2.23. The largest absolute Gasteiger partial charge is 0.392 e. The van der Waals surface area contributed by atoms with Crippen LogP contribution >= 0.6 is 11.3 Å². The van der Waals surface area contributed by atoms with Gasteiger partial charge in [-0.3, -0.25) is 0 Å². The number of likely N-dealkylation sites (N-methyl/N-ethyl adjacent to an activating group) is 1. The van der Waals surface area contributed by atoms with Gasteiger partial charge in [0.05, 0.1) is 19.3 Å². The normalized spacial score (nSPS) is 12.6. The van der Waals surface area contributed by atoms with Crippen molar-refractivity contribution >= 4 is 21.4 Å². The van der Waals surface area contributed by atoms with Gasteiger partial charge in [-0.05, 0) is 30.9 Å². The van der Waals surface area contributed by atoms with E-state index in [0.29, 0.717) is 18.7 Å². The smallest absolute Gasteiger partial charge is 0.252 e. The maximum Gasteiger partial charge on any atom is 0.252 e. The molecule has 1 heterocycles. The fraction of sp³-hybridized carbons (Fsp3) is 0.636. The number of thiophene rings is 1. The minimum atomic E-state index is -3.47. The van der Waals surface area contributed by atoms with Crippen molar-refractivity contribution in [1.82, 2.24) is 4.31 Å². The molecule has 0 fully saturated rings. The van der Waals surface area contributed by atoms with Gasteiger partial charge in [-0.15, -0.1) is 11.3 Å². The quantitative estimate of drug-likeness (QED) is 0.822. The number of sulfonamides is 1. The lowest BCUT2D eigenvalue weighted by Gasteiger charge is -2.16. The van der Waals surface area contributed by atoms with Crippen molar-refractivity contribution in [1.29, 1.82) is 0 Å². The molecule has 0 saturated carbocycles. The van der Waals surface area contributed by atoms with Crippen LogP contribution in [0.3, 0.4) is 0 Å². The molecule has 5 nitrogen and oxygen atoms in total.